The van der Waals surface area contributed by atoms with Crippen molar-refractivity contribution in [3.05, 3.63) is 23.3 Å². The Bertz CT molecular complexity index is 1040. The summed E-state index contributed by atoms with van der Waals surface area (Å²) >= 11 is 1.20. The SMILES string of the molecule is CC(=O)NCc1ccc(-c2csc(NC(=O)C(C)N3C(=O)NC4(CCCC4)C3=O)n2)o1. The molecule has 4 rings (SSSR count). The van der Waals surface area contributed by atoms with E-state index in [9.17, 15) is 19.2 Å². The fraction of sp³-hybridized carbons (Fsp3) is 0.450. The molecule has 3 N–H and O–H groups in total. The summed E-state index contributed by atoms with van der Waals surface area (Å²) in [6, 6.07) is 1.97. The van der Waals surface area contributed by atoms with Crippen molar-refractivity contribution in [1.82, 2.24) is 20.5 Å². The van der Waals surface area contributed by atoms with Gasteiger partial charge in [0, 0.05) is 12.3 Å². The largest absolute Gasteiger partial charge is 0.458 e. The zero-order chi connectivity index (χ0) is 22.2. The Balaban J connectivity index is 1.40. The minimum atomic E-state index is -0.965. The molecule has 5 amide bonds. The van der Waals surface area contributed by atoms with Crippen LogP contribution in [0.2, 0.25) is 0 Å². The summed E-state index contributed by atoms with van der Waals surface area (Å²) in [6.07, 6.45) is 2.96. The predicted molar refractivity (Wildman–Crippen MR) is 112 cm³/mol. The average molecular weight is 446 g/mol. The molecule has 0 radical (unpaired) electrons. The Morgan fingerprint density at radius 1 is 1.32 bits per heavy atom. The molecule has 11 heteroatoms. The molecule has 1 unspecified atom stereocenters. The maximum Gasteiger partial charge on any atom is 0.325 e. The second-order valence-corrected chi connectivity index (χ2v) is 8.63. The van der Waals surface area contributed by atoms with Crippen LogP contribution in [0.3, 0.4) is 0 Å². The molecule has 3 heterocycles. The van der Waals surface area contributed by atoms with Crippen molar-refractivity contribution in [2.24, 2.45) is 0 Å². The van der Waals surface area contributed by atoms with Gasteiger partial charge in [-0.2, -0.15) is 0 Å². The molecule has 1 saturated carbocycles. The zero-order valence-corrected chi connectivity index (χ0v) is 18.0. The van der Waals surface area contributed by atoms with Crippen LogP contribution in [0, 0.1) is 0 Å². The normalized spacial score (nSPS) is 18.3. The quantitative estimate of drug-likeness (QED) is 0.584. The molecular weight excluding hydrogens is 422 g/mol. The van der Waals surface area contributed by atoms with Crippen LogP contribution < -0.4 is 16.0 Å². The minimum absolute atomic E-state index is 0.158. The number of nitrogens with one attached hydrogen (secondary N) is 3. The first-order chi connectivity index (χ1) is 14.8. The van der Waals surface area contributed by atoms with Crippen molar-refractivity contribution < 1.29 is 23.6 Å². The van der Waals surface area contributed by atoms with Gasteiger partial charge in [0.15, 0.2) is 10.9 Å². The second kappa shape index (κ2) is 8.14. The first-order valence-electron chi connectivity index (χ1n) is 10.0. The van der Waals surface area contributed by atoms with Crippen LogP contribution in [-0.2, 0) is 20.9 Å². The Labute approximate surface area is 182 Å². The number of thiazole rings is 1. The fourth-order valence-corrected chi connectivity index (χ4v) is 4.61. The molecule has 1 aliphatic heterocycles. The lowest BCUT2D eigenvalue weighted by Crippen LogP contribution is -2.48. The number of nitrogens with zero attached hydrogens (tertiary/aromatic N) is 2. The van der Waals surface area contributed by atoms with Crippen molar-refractivity contribution in [2.75, 3.05) is 5.32 Å². The van der Waals surface area contributed by atoms with Crippen LogP contribution in [0.25, 0.3) is 11.5 Å². The average Bonchev–Trinajstić information content (AvgIpc) is 3.49. The molecule has 164 valence electrons. The van der Waals surface area contributed by atoms with Crippen molar-refractivity contribution in [3.63, 3.8) is 0 Å². The fourth-order valence-electron chi connectivity index (χ4n) is 3.90. The van der Waals surface area contributed by atoms with Gasteiger partial charge >= 0.3 is 6.03 Å². The lowest BCUT2D eigenvalue weighted by Gasteiger charge is -2.23. The van der Waals surface area contributed by atoms with E-state index in [1.165, 1.54) is 25.2 Å². The number of anilines is 1. The van der Waals surface area contributed by atoms with E-state index in [2.05, 4.69) is 20.9 Å². The van der Waals surface area contributed by atoms with E-state index in [1.54, 1.807) is 17.5 Å². The molecule has 10 nitrogen and oxygen atoms in total. The molecule has 2 aromatic heterocycles. The van der Waals surface area contributed by atoms with E-state index < -0.39 is 23.5 Å². The number of aromatic nitrogens is 1. The molecule has 1 saturated heterocycles. The maximum absolute atomic E-state index is 12.8. The predicted octanol–water partition coefficient (Wildman–Crippen LogP) is 2.23. The summed E-state index contributed by atoms with van der Waals surface area (Å²) in [5, 5.41) is 10.2. The Morgan fingerprint density at radius 2 is 2.06 bits per heavy atom. The third kappa shape index (κ3) is 4.05. The van der Waals surface area contributed by atoms with Gasteiger partial charge in [0.25, 0.3) is 5.91 Å². The van der Waals surface area contributed by atoms with Crippen molar-refractivity contribution >= 4 is 40.2 Å². The molecule has 31 heavy (non-hydrogen) atoms. The highest BCUT2D eigenvalue weighted by Crippen LogP contribution is 2.36. The highest BCUT2D eigenvalue weighted by molar-refractivity contribution is 7.14. The Hall–Kier alpha value is -3.21. The maximum atomic E-state index is 12.8. The summed E-state index contributed by atoms with van der Waals surface area (Å²) in [7, 11) is 0. The third-order valence-corrected chi connectivity index (χ3v) is 6.33. The number of rotatable bonds is 6. The van der Waals surface area contributed by atoms with Crippen LogP contribution >= 0.6 is 11.3 Å². The van der Waals surface area contributed by atoms with Gasteiger partial charge in [0.2, 0.25) is 11.8 Å². The number of hydrogen-bond donors (Lipinski definition) is 3. The molecule has 2 fully saturated rings. The first-order valence-corrected chi connectivity index (χ1v) is 10.9. The summed E-state index contributed by atoms with van der Waals surface area (Å²) < 4.78 is 5.66. The minimum Gasteiger partial charge on any atom is -0.458 e. The number of imide groups is 1. The van der Waals surface area contributed by atoms with Gasteiger partial charge in [-0.3, -0.25) is 14.4 Å². The molecule has 0 aromatic carbocycles. The molecule has 2 aromatic rings. The molecule has 1 aliphatic carbocycles. The number of carbonyl (C=O) groups is 4. The molecule has 1 atom stereocenters. The van der Waals surface area contributed by atoms with Gasteiger partial charge in [-0.25, -0.2) is 14.7 Å². The van der Waals surface area contributed by atoms with Gasteiger partial charge in [-0.15, -0.1) is 11.3 Å². The van der Waals surface area contributed by atoms with Crippen molar-refractivity contribution in [1.29, 1.82) is 0 Å². The molecular formula is C20H23N5O5S. The van der Waals surface area contributed by atoms with E-state index in [4.69, 9.17) is 4.42 Å². The summed E-state index contributed by atoms with van der Waals surface area (Å²) in [4.78, 5) is 54.3. The Morgan fingerprint density at radius 3 is 2.77 bits per heavy atom. The standard InChI is InChI=1S/C20H23N5O5S/c1-11(25-17(28)20(24-19(25)29)7-3-4-8-20)16(27)23-18-22-14(10-31-18)15-6-5-13(30-15)9-21-12(2)26/h5-6,10-11H,3-4,7-9H2,1-2H3,(H,21,26)(H,24,29)(H,22,23,27). The summed E-state index contributed by atoms with van der Waals surface area (Å²) in [5.74, 6) is 0.0963. The van der Waals surface area contributed by atoms with E-state index >= 15 is 0 Å². The number of furan rings is 1. The number of urea groups is 1. The smallest absolute Gasteiger partial charge is 0.325 e. The van der Waals surface area contributed by atoms with Gasteiger partial charge in [0.05, 0.1) is 6.54 Å². The van der Waals surface area contributed by atoms with Gasteiger partial charge in [-0.05, 0) is 31.9 Å². The summed E-state index contributed by atoms with van der Waals surface area (Å²) in [5.41, 5.74) is -0.323. The monoisotopic (exact) mass is 445 g/mol. The van der Waals surface area contributed by atoms with Gasteiger partial charge < -0.3 is 20.4 Å². The van der Waals surface area contributed by atoms with Crippen LogP contribution in [0.5, 0.6) is 0 Å². The number of hydrogen-bond acceptors (Lipinski definition) is 7. The lowest BCUT2D eigenvalue weighted by atomic mass is 9.97. The van der Waals surface area contributed by atoms with Crippen LogP contribution in [-0.4, -0.2) is 45.2 Å². The number of carbonyl (C=O) groups excluding carboxylic acids is 4. The zero-order valence-electron chi connectivity index (χ0n) is 17.2. The van der Waals surface area contributed by atoms with Gasteiger partial charge in [-0.1, -0.05) is 12.8 Å². The van der Waals surface area contributed by atoms with Crippen molar-refractivity contribution in [3.8, 4) is 11.5 Å². The van der Waals surface area contributed by atoms with E-state index in [0.29, 0.717) is 35.2 Å². The molecule has 0 bridgehead atoms. The lowest BCUT2D eigenvalue weighted by molar-refractivity contribution is -0.136. The second-order valence-electron chi connectivity index (χ2n) is 7.77. The Kier molecular flexibility index (Phi) is 5.52. The first kappa shape index (κ1) is 21.0. The molecule has 2 aliphatic rings. The highest BCUT2D eigenvalue weighted by atomic mass is 32.1. The third-order valence-electron chi connectivity index (χ3n) is 5.58. The van der Waals surface area contributed by atoms with E-state index in [-0.39, 0.29) is 18.4 Å². The van der Waals surface area contributed by atoms with Crippen molar-refractivity contribution in [2.45, 2.75) is 57.7 Å². The van der Waals surface area contributed by atoms with Gasteiger partial charge in [0.1, 0.15) is 23.0 Å². The summed E-state index contributed by atoms with van der Waals surface area (Å²) in [6.45, 7) is 3.22. The highest BCUT2D eigenvalue weighted by Gasteiger charge is 2.54. The van der Waals surface area contributed by atoms with Crippen LogP contribution in [0.4, 0.5) is 9.93 Å². The number of amides is 5. The van der Waals surface area contributed by atoms with Crippen LogP contribution in [0.15, 0.2) is 21.9 Å². The van der Waals surface area contributed by atoms with Crippen LogP contribution in [0.1, 0.15) is 45.3 Å². The van der Waals surface area contributed by atoms with E-state index in [0.717, 1.165) is 17.7 Å². The van der Waals surface area contributed by atoms with E-state index in [1.807, 2.05) is 0 Å². The topological polar surface area (TPSA) is 134 Å². The molecule has 1 spiro atoms.